The fourth-order valence-electron chi connectivity index (χ4n) is 1.43. The van der Waals surface area contributed by atoms with Crippen molar-refractivity contribution in [2.75, 3.05) is 20.2 Å². The Kier molecular flexibility index (Phi) is 5.38. The van der Waals surface area contributed by atoms with Gasteiger partial charge in [0.1, 0.15) is 5.82 Å². The van der Waals surface area contributed by atoms with E-state index >= 15 is 0 Å². The van der Waals surface area contributed by atoms with Crippen molar-refractivity contribution in [1.29, 1.82) is 0 Å². The molecule has 1 aromatic rings. The van der Waals surface area contributed by atoms with E-state index in [1.54, 1.807) is 31.0 Å². The van der Waals surface area contributed by atoms with Crippen LogP contribution in [-0.4, -0.2) is 31.1 Å². The number of nitrogens with zero attached hydrogens (tertiary/aromatic N) is 1. The van der Waals surface area contributed by atoms with Crippen LogP contribution in [0.2, 0.25) is 5.02 Å². The van der Waals surface area contributed by atoms with Crippen molar-refractivity contribution < 1.29 is 13.9 Å². The Labute approximate surface area is 105 Å². The zero-order chi connectivity index (χ0) is 12.8. The van der Waals surface area contributed by atoms with E-state index in [1.165, 1.54) is 6.07 Å². The monoisotopic (exact) mass is 259 g/mol. The Morgan fingerprint density at radius 3 is 2.82 bits per heavy atom. The maximum Gasteiger partial charge on any atom is 0.320 e. The number of halogens is 2. The number of carbonyl (C=O) groups excluding carboxylic acids is 1. The van der Waals surface area contributed by atoms with Gasteiger partial charge in [-0.25, -0.2) is 4.39 Å². The van der Waals surface area contributed by atoms with Crippen molar-refractivity contribution >= 4 is 17.6 Å². The third-order valence-electron chi connectivity index (χ3n) is 2.14. The summed E-state index contributed by atoms with van der Waals surface area (Å²) in [5.41, 5.74) is 0.850. The molecule has 5 heteroatoms. The summed E-state index contributed by atoms with van der Waals surface area (Å²) in [6.07, 6.45) is 0. The zero-order valence-corrected chi connectivity index (χ0v) is 10.6. The Bertz CT molecular complexity index is 398. The Hall–Kier alpha value is -1.13. The Balaban J connectivity index is 2.53. The van der Waals surface area contributed by atoms with Crippen LogP contribution in [0.15, 0.2) is 18.2 Å². The highest BCUT2D eigenvalue weighted by Gasteiger charge is 2.08. The Morgan fingerprint density at radius 1 is 1.53 bits per heavy atom. The molecule has 0 saturated carbocycles. The zero-order valence-electron chi connectivity index (χ0n) is 9.87. The van der Waals surface area contributed by atoms with Gasteiger partial charge < -0.3 is 4.74 Å². The molecule has 1 rings (SSSR count). The molecular weight excluding hydrogens is 245 g/mol. The summed E-state index contributed by atoms with van der Waals surface area (Å²) in [6.45, 7) is 2.84. The molecule has 0 bridgehead atoms. The third kappa shape index (κ3) is 4.71. The molecule has 0 aliphatic carbocycles. The molecule has 0 aliphatic rings. The molecule has 0 fully saturated rings. The summed E-state index contributed by atoms with van der Waals surface area (Å²) in [6, 6.07) is 4.51. The molecule has 0 unspecified atom stereocenters. The van der Waals surface area contributed by atoms with Gasteiger partial charge in [-0.2, -0.15) is 0 Å². The summed E-state index contributed by atoms with van der Waals surface area (Å²) in [4.78, 5) is 13.0. The van der Waals surface area contributed by atoms with E-state index in [-0.39, 0.29) is 17.5 Å². The van der Waals surface area contributed by atoms with Crippen LogP contribution >= 0.6 is 11.6 Å². The summed E-state index contributed by atoms with van der Waals surface area (Å²) in [7, 11) is 1.79. The topological polar surface area (TPSA) is 29.5 Å². The summed E-state index contributed by atoms with van der Waals surface area (Å²) in [5.74, 6) is -0.716. The van der Waals surface area contributed by atoms with Gasteiger partial charge >= 0.3 is 5.97 Å². The largest absolute Gasteiger partial charge is 0.465 e. The normalized spacial score (nSPS) is 10.6. The minimum Gasteiger partial charge on any atom is -0.465 e. The number of carbonyl (C=O) groups is 1. The van der Waals surface area contributed by atoms with Gasteiger partial charge in [-0.3, -0.25) is 9.69 Å². The first-order chi connectivity index (χ1) is 8.02. The van der Waals surface area contributed by atoms with Crippen molar-refractivity contribution in [2.45, 2.75) is 13.5 Å². The number of hydrogen-bond acceptors (Lipinski definition) is 3. The first-order valence-corrected chi connectivity index (χ1v) is 5.68. The predicted octanol–water partition coefficient (Wildman–Crippen LogP) is 2.47. The molecule has 3 nitrogen and oxygen atoms in total. The number of benzene rings is 1. The molecule has 0 spiro atoms. The molecule has 0 N–H and O–H groups in total. The molecule has 0 atom stereocenters. The number of likely N-dealkylation sites (N-methyl/N-ethyl adjacent to an activating group) is 1. The first-order valence-electron chi connectivity index (χ1n) is 5.31. The molecule has 94 valence electrons. The molecular formula is C12H15ClFNO2. The second-order valence-electron chi connectivity index (χ2n) is 3.73. The number of ether oxygens (including phenoxy) is 1. The lowest BCUT2D eigenvalue weighted by Crippen LogP contribution is -2.27. The van der Waals surface area contributed by atoms with Crippen LogP contribution in [0.3, 0.4) is 0 Å². The molecule has 0 aliphatic heterocycles. The van der Waals surface area contributed by atoms with E-state index in [0.29, 0.717) is 13.2 Å². The van der Waals surface area contributed by atoms with Crippen LogP contribution in [0.4, 0.5) is 4.39 Å². The molecule has 17 heavy (non-hydrogen) atoms. The number of esters is 1. The molecule has 0 heterocycles. The molecule has 0 aromatic heterocycles. The SMILES string of the molecule is CCOC(=O)CN(C)Cc1ccc(F)c(Cl)c1. The van der Waals surface area contributed by atoms with E-state index in [4.69, 9.17) is 16.3 Å². The number of hydrogen-bond donors (Lipinski definition) is 0. The van der Waals surface area contributed by atoms with Gasteiger partial charge in [0.05, 0.1) is 18.2 Å². The first kappa shape index (κ1) is 13.9. The van der Waals surface area contributed by atoms with Crippen molar-refractivity contribution in [1.82, 2.24) is 4.90 Å². The summed E-state index contributed by atoms with van der Waals surface area (Å²) < 4.78 is 17.8. The van der Waals surface area contributed by atoms with E-state index in [2.05, 4.69) is 0 Å². The van der Waals surface area contributed by atoms with Gasteiger partial charge in [0.25, 0.3) is 0 Å². The quantitative estimate of drug-likeness (QED) is 0.761. The highest BCUT2D eigenvalue weighted by Crippen LogP contribution is 2.16. The van der Waals surface area contributed by atoms with Crippen molar-refractivity contribution in [2.24, 2.45) is 0 Å². The highest BCUT2D eigenvalue weighted by atomic mass is 35.5. The van der Waals surface area contributed by atoms with Crippen LogP contribution in [0.1, 0.15) is 12.5 Å². The van der Waals surface area contributed by atoms with E-state index in [9.17, 15) is 9.18 Å². The lowest BCUT2D eigenvalue weighted by molar-refractivity contribution is -0.144. The smallest absolute Gasteiger partial charge is 0.320 e. The van der Waals surface area contributed by atoms with Gasteiger partial charge in [0.15, 0.2) is 0 Å². The van der Waals surface area contributed by atoms with E-state index < -0.39 is 5.82 Å². The minimum absolute atomic E-state index is 0.0898. The van der Waals surface area contributed by atoms with Gasteiger partial charge in [-0.15, -0.1) is 0 Å². The second kappa shape index (κ2) is 6.57. The summed E-state index contributed by atoms with van der Waals surface area (Å²) >= 11 is 5.67. The lowest BCUT2D eigenvalue weighted by atomic mass is 10.2. The average Bonchev–Trinajstić information content (AvgIpc) is 2.23. The minimum atomic E-state index is -0.441. The number of rotatable bonds is 5. The van der Waals surface area contributed by atoms with Gasteiger partial charge in [-0.05, 0) is 31.7 Å². The van der Waals surface area contributed by atoms with Crippen LogP contribution < -0.4 is 0 Å². The molecule has 0 saturated heterocycles. The van der Waals surface area contributed by atoms with Crippen LogP contribution in [0.25, 0.3) is 0 Å². The van der Waals surface area contributed by atoms with Crippen molar-refractivity contribution in [3.05, 3.63) is 34.6 Å². The van der Waals surface area contributed by atoms with E-state index in [1.807, 2.05) is 0 Å². The maximum absolute atomic E-state index is 12.9. The average molecular weight is 260 g/mol. The van der Waals surface area contributed by atoms with Gasteiger partial charge in [0.2, 0.25) is 0 Å². The van der Waals surface area contributed by atoms with Gasteiger partial charge in [0, 0.05) is 6.54 Å². The van der Waals surface area contributed by atoms with Crippen LogP contribution in [0.5, 0.6) is 0 Å². The standard InChI is InChI=1S/C12H15ClFNO2/c1-3-17-12(16)8-15(2)7-9-4-5-11(14)10(13)6-9/h4-6H,3,7-8H2,1-2H3. The Morgan fingerprint density at radius 2 is 2.24 bits per heavy atom. The summed E-state index contributed by atoms with van der Waals surface area (Å²) in [5, 5.41) is 0.0898. The molecule has 0 amide bonds. The molecule has 1 aromatic carbocycles. The fourth-order valence-corrected chi connectivity index (χ4v) is 1.64. The maximum atomic E-state index is 12.9. The van der Waals surface area contributed by atoms with Gasteiger partial charge in [-0.1, -0.05) is 17.7 Å². The van der Waals surface area contributed by atoms with E-state index in [0.717, 1.165) is 5.56 Å². The predicted molar refractivity (Wildman–Crippen MR) is 64.4 cm³/mol. The second-order valence-corrected chi connectivity index (χ2v) is 4.13. The highest BCUT2D eigenvalue weighted by molar-refractivity contribution is 6.30. The lowest BCUT2D eigenvalue weighted by Gasteiger charge is -2.15. The third-order valence-corrected chi connectivity index (χ3v) is 2.43. The van der Waals surface area contributed by atoms with Crippen LogP contribution in [-0.2, 0) is 16.1 Å². The van der Waals surface area contributed by atoms with Crippen molar-refractivity contribution in [3.8, 4) is 0 Å². The van der Waals surface area contributed by atoms with Crippen molar-refractivity contribution in [3.63, 3.8) is 0 Å². The van der Waals surface area contributed by atoms with Crippen LogP contribution in [0, 0.1) is 5.82 Å². The molecule has 0 radical (unpaired) electrons. The fraction of sp³-hybridized carbons (Fsp3) is 0.417.